The molecule has 0 saturated carbocycles. The van der Waals surface area contributed by atoms with Crippen LogP contribution in [0.2, 0.25) is 0 Å². The fourth-order valence-electron chi connectivity index (χ4n) is 3.25. The number of alkyl halides is 2. The van der Waals surface area contributed by atoms with Crippen LogP contribution >= 0.6 is 0 Å². The number of hydrogen-bond acceptors (Lipinski definition) is 6. The van der Waals surface area contributed by atoms with Crippen molar-refractivity contribution in [2.75, 3.05) is 16.8 Å². The van der Waals surface area contributed by atoms with Gasteiger partial charge in [-0.2, -0.15) is 0 Å². The Morgan fingerprint density at radius 2 is 2.16 bits per heavy atom. The number of nitrogens with zero attached hydrogens (tertiary/aromatic N) is 3. The molecule has 0 fully saturated rings. The van der Waals surface area contributed by atoms with Gasteiger partial charge >= 0.3 is 6.09 Å². The lowest BCUT2D eigenvalue weighted by Gasteiger charge is -2.19. The van der Waals surface area contributed by atoms with Gasteiger partial charge in [-0.15, -0.1) is 0 Å². The van der Waals surface area contributed by atoms with Crippen LogP contribution in [0.3, 0.4) is 0 Å². The summed E-state index contributed by atoms with van der Waals surface area (Å²) in [5, 5.41) is 2.97. The van der Waals surface area contributed by atoms with Gasteiger partial charge in [0.25, 0.3) is 6.43 Å². The Morgan fingerprint density at radius 3 is 2.90 bits per heavy atom. The zero-order valence-corrected chi connectivity index (χ0v) is 16.4. The van der Waals surface area contributed by atoms with E-state index in [0.29, 0.717) is 29.4 Å². The second-order valence-electron chi connectivity index (χ2n) is 6.88. The first-order valence-electron chi connectivity index (χ1n) is 9.41. The van der Waals surface area contributed by atoms with Crippen molar-refractivity contribution in [2.45, 2.75) is 25.9 Å². The molecule has 31 heavy (non-hydrogen) atoms. The molecule has 1 aromatic carbocycles. The van der Waals surface area contributed by atoms with Gasteiger partial charge < -0.3 is 25.1 Å². The Morgan fingerprint density at radius 1 is 1.35 bits per heavy atom. The molecule has 3 N–H and O–H groups in total. The minimum Gasteiger partial charge on any atom is -0.491 e. The van der Waals surface area contributed by atoms with Crippen molar-refractivity contribution in [3.63, 3.8) is 0 Å². The number of benzene rings is 1. The predicted octanol–water partition coefficient (Wildman–Crippen LogP) is 2.85. The van der Waals surface area contributed by atoms with Crippen molar-refractivity contribution in [1.82, 2.24) is 9.55 Å². The molecular weight excluding hydrogens is 412 g/mol. The standard InChI is InChI=1S/C20H19F2N5O4/c1-11(18(23)28)24-12-4-5-13-15(9-12)30-8-6-26-10-16(25-19(13)26)27-14(17(21)22)3-2-7-31-20(27)29/h2-5,7,9-11,17,24H,6,8H2,1H3,(H2,23,28)/t11-/m0/s1. The van der Waals surface area contributed by atoms with Gasteiger partial charge in [-0.25, -0.2) is 23.5 Å². The number of rotatable bonds is 5. The van der Waals surface area contributed by atoms with E-state index in [2.05, 4.69) is 10.3 Å². The number of primary amides is 1. The summed E-state index contributed by atoms with van der Waals surface area (Å²) in [6, 6.07) is 4.57. The van der Waals surface area contributed by atoms with Crippen molar-refractivity contribution in [2.24, 2.45) is 5.73 Å². The highest BCUT2D eigenvalue weighted by Crippen LogP contribution is 2.36. The van der Waals surface area contributed by atoms with E-state index in [0.717, 1.165) is 17.2 Å². The molecule has 4 rings (SSSR count). The van der Waals surface area contributed by atoms with Crippen molar-refractivity contribution >= 4 is 23.5 Å². The number of nitrogens with two attached hydrogens (primary N) is 1. The van der Waals surface area contributed by atoms with Crippen LogP contribution in [0.4, 0.5) is 25.1 Å². The number of ether oxygens (including phenoxy) is 2. The van der Waals surface area contributed by atoms with Gasteiger partial charge in [-0.3, -0.25) is 4.79 Å². The molecular formula is C20H19F2N5O4. The summed E-state index contributed by atoms with van der Waals surface area (Å²) in [7, 11) is 0. The zero-order valence-electron chi connectivity index (χ0n) is 16.4. The van der Waals surface area contributed by atoms with E-state index in [1.807, 2.05) is 0 Å². The minimum absolute atomic E-state index is 0.00709. The van der Waals surface area contributed by atoms with E-state index in [4.69, 9.17) is 15.2 Å². The molecule has 0 saturated heterocycles. The smallest absolute Gasteiger partial charge is 0.425 e. The second kappa shape index (κ2) is 8.09. The van der Waals surface area contributed by atoms with Crippen molar-refractivity contribution in [3.8, 4) is 17.1 Å². The number of carbonyl (C=O) groups is 2. The fourth-order valence-corrected chi connectivity index (χ4v) is 3.25. The van der Waals surface area contributed by atoms with Crippen molar-refractivity contribution < 1.29 is 27.8 Å². The first-order valence-corrected chi connectivity index (χ1v) is 9.41. The van der Waals surface area contributed by atoms with Gasteiger partial charge in [0.1, 0.15) is 24.2 Å². The number of anilines is 2. The third-order valence-electron chi connectivity index (χ3n) is 4.79. The van der Waals surface area contributed by atoms with Crippen LogP contribution in [0, 0.1) is 0 Å². The number of halogens is 2. The summed E-state index contributed by atoms with van der Waals surface area (Å²) >= 11 is 0. The number of nitrogens with one attached hydrogen (secondary N) is 1. The molecule has 2 aromatic rings. The number of carbonyl (C=O) groups excluding carboxylic acids is 2. The highest BCUT2D eigenvalue weighted by atomic mass is 19.3. The highest BCUT2D eigenvalue weighted by Gasteiger charge is 2.32. The Balaban J connectivity index is 1.72. The molecule has 11 heteroatoms. The zero-order chi connectivity index (χ0) is 22.1. The van der Waals surface area contributed by atoms with Crippen LogP contribution in [0.5, 0.6) is 5.75 Å². The van der Waals surface area contributed by atoms with Crippen molar-refractivity contribution in [3.05, 3.63) is 48.5 Å². The molecule has 3 heterocycles. The quantitative estimate of drug-likeness (QED) is 0.753. The predicted molar refractivity (Wildman–Crippen MR) is 108 cm³/mol. The SMILES string of the molecule is C[C@H](Nc1ccc2c(c1)OCCn1cc(N3C(=O)OC=CC=C3C(F)F)nc1-2)C(N)=O. The molecule has 0 radical (unpaired) electrons. The molecule has 0 bridgehead atoms. The average Bonchev–Trinajstić information content (AvgIpc) is 2.92. The van der Waals surface area contributed by atoms with Gasteiger partial charge in [0.15, 0.2) is 5.82 Å². The van der Waals surface area contributed by atoms with Gasteiger partial charge in [0.05, 0.1) is 24.1 Å². The molecule has 162 valence electrons. The molecule has 2 amide bonds. The number of fused-ring (bicyclic) bond motifs is 3. The van der Waals surface area contributed by atoms with Crippen molar-refractivity contribution in [1.29, 1.82) is 0 Å². The number of amides is 2. The Kier molecular flexibility index (Phi) is 5.32. The van der Waals surface area contributed by atoms with Crippen LogP contribution < -0.4 is 20.7 Å². The normalized spacial score (nSPS) is 16.3. The number of imidazole rings is 1. The monoisotopic (exact) mass is 431 g/mol. The van der Waals surface area contributed by atoms with Gasteiger partial charge in [0.2, 0.25) is 5.91 Å². The summed E-state index contributed by atoms with van der Waals surface area (Å²) < 4.78 is 39.5. The number of cyclic esters (lactones) is 1. The van der Waals surface area contributed by atoms with Crippen LogP contribution in [-0.2, 0) is 16.1 Å². The highest BCUT2D eigenvalue weighted by molar-refractivity contribution is 5.91. The van der Waals surface area contributed by atoms with Gasteiger partial charge in [-0.1, -0.05) is 0 Å². The molecule has 1 aromatic heterocycles. The average molecular weight is 431 g/mol. The van der Waals surface area contributed by atoms with Gasteiger partial charge in [-0.05, 0) is 31.2 Å². The van der Waals surface area contributed by atoms with E-state index in [1.165, 1.54) is 12.3 Å². The summed E-state index contributed by atoms with van der Waals surface area (Å²) in [6.45, 7) is 2.30. The minimum atomic E-state index is -2.91. The molecule has 2 aliphatic rings. The summed E-state index contributed by atoms with van der Waals surface area (Å²) in [5.74, 6) is 0.434. The van der Waals surface area contributed by atoms with E-state index in [1.54, 1.807) is 29.7 Å². The molecule has 1 atom stereocenters. The maximum Gasteiger partial charge on any atom is 0.425 e. The van der Waals surface area contributed by atoms with E-state index < -0.39 is 30.2 Å². The first kappa shape index (κ1) is 20.4. The van der Waals surface area contributed by atoms with E-state index in [-0.39, 0.29) is 12.4 Å². The lowest BCUT2D eigenvalue weighted by molar-refractivity contribution is -0.118. The van der Waals surface area contributed by atoms with Crippen LogP contribution in [0.1, 0.15) is 6.92 Å². The van der Waals surface area contributed by atoms with Crippen LogP contribution in [-0.4, -0.2) is 40.6 Å². The Bertz CT molecular complexity index is 1100. The number of hydrogen-bond donors (Lipinski definition) is 2. The van der Waals surface area contributed by atoms with Crippen LogP contribution in [0.15, 0.2) is 48.5 Å². The van der Waals surface area contributed by atoms with Gasteiger partial charge in [0, 0.05) is 18.0 Å². The fraction of sp³-hybridized carbons (Fsp3) is 0.250. The third kappa shape index (κ3) is 3.93. The lowest BCUT2D eigenvalue weighted by atomic mass is 10.1. The third-order valence-corrected chi connectivity index (χ3v) is 4.79. The topological polar surface area (TPSA) is 112 Å². The maximum absolute atomic E-state index is 13.6. The molecule has 0 unspecified atom stereocenters. The largest absolute Gasteiger partial charge is 0.491 e. The molecule has 2 aliphatic heterocycles. The Hall–Kier alpha value is -3.89. The molecule has 0 aliphatic carbocycles. The lowest BCUT2D eigenvalue weighted by Crippen LogP contribution is -2.32. The Labute approximate surface area is 175 Å². The molecule has 0 spiro atoms. The van der Waals surface area contributed by atoms with E-state index >= 15 is 0 Å². The number of allylic oxidation sites excluding steroid dienone is 3. The van der Waals surface area contributed by atoms with E-state index in [9.17, 15) is 18.4 Å². The summed E-state index contributed by atoms with van der Waals surface area (Å²) in [5.41, 5.74) is 5.97. The van der Waals surface area contributed by atoms with Crippen LogP contribution in [0.25, 0.3) is 11.4 Å². The second-order valence-corrected chi connectivity index (χ2v) is 6.88. The summed E-state index contributed by atoms with van der Waals surface area (Å²) in [6.07, 6.45) is 0.979. The maximum atomic E-state index is 13.6. The molecule has 9 nitrogen and oxygen atoms in total. The first-order chi connectivity index (χ1) is 14.8. The summed E-state index contributed by atoms with van der Waals surface area (Å²) in [4.78, 5) is 28.8. The number of aromatic nitrogens is 2.